The second kappa shape index (κ2) is 18.8. The minimum absolute atomic E-state index is 0.125. The molecule has 2 heterocycles. The summed E-state index contributed by atoms with van der Waals surface area (Å²) >= 11 is 0. The molecule has 0 amide bonds. The number of aliphatic hydroxyl groups excluding tert-OH is 2. The highest BCUT2D eigenvalue weighted by Crippen LogP contribution is 2.35. The summed E-state index contributed by atoms with van der Waals surface area (Å²) in [6, 6.07) is 32.6. The molecule has 4 atom stereocenters. The summed E-state index contributed by atoms with van der Waals surface area (Å²) in [7, 11) is 1.56. The molecule has 6 rings (SSSR count). The monoisotopic (exact) mass is 728 g/mol. The van der Waals surface area contributed by atoms with Gasteiger partial charge in [0.1, 0.15) is 67.7 Å². The maximum atomic E-state index is 9.67. The third-order valence-corrected chi connectivity index (χ3v) is 9.70. The number of epoxide rings is 2. The highest BCUT2D eigenvalue weighted by Gasteiger charge is 2.26. The maximum absolute atomic E-state index is 9.67. The van der Waals surface area contributed by atoms with Gasteiger partial charge in [0.25, 0.3) is 0 Å². The zero-order chi connectivity index (χ0) is 37.8. The standard InChI is InChI=1S/C22H28O5.C22H28O4/c1-22(2,17-6-10-20(11-7-17)26-14-21-15-27-21)16-4-8-19(9-5-16)25-13-18(23)12-24-3;1-4-18(23)13-24-19-9-5-16(6-10-19)22(2,3)17-7-11-20(12-8-17)25-14-21-15-26-21/h4-11,18,21,23H,12-15H2,1-3H3;5-12,18,21,23H,4,13-15H2,1-3H3. The van der Waals surface area contributed by atoms with E-state index in [2.05, 4.69) is 76.2 Å². The Morgan fingerprint density at radius 2 is 0.830 bits per heavy atom. The summed E-state index contributed by atoms with van der Waals surface area (Å²) < 4.78 is 37.9. The summed E-state index contributed by atoms with van der Waals surface area (Å²) in [6.07, 6.45) is 0.179. The van der Waals surface area contributed by atoms with E-state index in [1.807, 2.05) is 55.5 Å². The molecule has 0 saturated carbocycles. The Bertz CT molecular complexity index is 1640. The number of hydrogen-bond acceptors (Lipinski definition) is 9. The van der Waals surface area contributed by atoms with E-state index < -0.39 is 12.2 Å². The predicted octanol–water partition coefficient (Wildman–Crippen LogP) is 7.12. The molecule has 53 heavy (non-hydrogen) atoms. The van der Waals surface area contributed by atoms with Crippen LogP contribution in [0.3, 0.4) is 0 Å². The van der Waals surface area contributed by atoms with E-state index in [1.54, 1.807) is 7.11 Å². The van der Waals surface area contributed by atoms with Crippen molar-refractivity contribution in [1.29, 1.82) is 0 Å². The van der Waals surface area contributed by atoms with Crippen molar-refractivity contribution in [1.82, 2.24) is 0 Å². The van der Waals surface area contributed by atoms with Crippen molar-refractivity contribution in [3.05, 3.63) is 119 Å². The molecule has 9 nitrogen and oxygen atoms in total. The quantitative estimate of drug-likeness (QED) is 0.0976. The number of rotatable bonds is 19. The van der Waals surface area contributed by atoms with Crippen LogP contribution in [0.15, 0.2) is 97.1 Å². The number of ether oxygens (including phenoxy) is 7. The molecular formula is C44H56O9. The SMILES string of the molecule is CCC(O)COc1ccc(C(C)(C)c2ccc(OCC3CO3)cc2)cc1.COCC(O)COc1ccc(C(C)(C)c2ccc(OCC3CO3)cc2)cc1. The van der Waals surface area contributed by atoms with Crippen molar-refractivity contribution in [2.24, 2.45) is 0 Å². The topological polar surface area (TPSA) is 112 Å². The van der Waals surface area contributed by atoms with E-state index in [0.29, 0.717) is 26.2 Å². The van der Waals surface area contributed by atoms with Crippen LogP contribution in [0.2, 0.25) is 0 Å². The summed E-state index contributed by atoms with van der Waals surface area (Å²) in [5.74, 6) is 3.25. The number of methoxy groups -OCH3 is 1. The van der Waals surface area contributed by atoms with E-state index in [4.69, 9.17) is 33.2 Å². The van der Waals surface area contributed by atoms with E-state index >= 15 is 0 Å². The third-order valence-electron chi connectivity index (χ3n) is 9.70. The molecule has 2 aliphatic heterocycles. The van der Waals surface area contributed by atoms with Crippen LogP contribution >= 0.6 is 0 Å². The fraction of sp³-hybridized carbons (Fsp3) is 0.455. The fourth-order valence-electron chi connectivity index (χ4n) is 5.65. The largest absolute Gasteiger partial charge is 0.491 e. The van der Waals surface area contributed by atoms with Gasteiger partial charge in [-0.1, -0.05) is 83.1 Å². The molecular weight excluding hydrogens is 672 g/mol. The van der Waals surface area contributed by atoms with Gasteiger partial charge in [0.15, 0.2) is 0 Å². The first-order valence-electron chi connectivity index (χ1n) is 18.5. The average molecular weight is 729 g/mol. The molecule has 286 valence electrons. The Kier molecular flexibility index (Phi) is 14.2. The summed E-state index contributed by atoms with van der Waals surface area (Å²) in [5.41, 5.74) is 4.56. The van der Waals surface area contributed by atoms with Crippen LogP contribution in [0.4, 0.5) is 0 Å². The Hall–Kier alpha value is -4.12. The molecule has 2 aliphatic rings. The van der Waals surface area contributed by atoms with Crippen molar-refractivity contribution >= 4 is 0 Å². The Morgan fingerprint density at radius 1 is 0.528 bits per heavy atom. The number of benzene rings is 4. The maximum Gasteiger partial charge on any atom is 0.119 e. The van der Waals surface area contributed by atoms with E-state index in [9.17, 15) is 10.2 Å². The zero-order valence-corrected chi connectivity index (χ0v) is 32.0. The molecule has 2 N–H and O–H groups in total. The predicted molar refractivity (Wildman–Crippen MR) is 206 cm³/mol. The number of aliphatic hydroxyl groups is 2. The number of hydrogen-bond donors (Lipinski definition) is 2. The van der Waals surface area contributed by atoms with Gasteiger partial charge in [-0.05, 0) is 77.2 Å². The van der Waals surface area contributed by atoms with Crippen molar-refractivity contribution in [2.75, 3.05) is 53.4 Å². The van der Waals surface area contributed by atoms with Crippen molar-refractivity contribution in [2.45, 2.75) is 76.3 Å². The summed E-state index contributed by atoms with van der Waals surface area (Å²) in [6.45, 7) is 14.4. The summed E-state index contributed by atoms with van der Waals surface area (Å²) in [4.78, 5) is 0. The molecule has 9 heteroatoms. The van der Waals surface area contributed by atoms with Gasteiger partial charge < -0.3 is 43.4 Å². The Morgan fingerprint density at radius 3 is 1.11 bits per heavy atom. The minimum atomic E-state index is -0.627. The van der Waals surface area contributed by atoms with Crippen LogP contribution in [-0.2, 0) is 25.0 Å². The first-order chi connectivity index (χ1) is 25.5. The van der Waals surface area contributed by atoms with Crippen LogP contribution in [-0.4, -0.2) is 88.0 Å². The molecule has 4 aromatic rings. The van der Waals surface area contributed by atoms with Crippen molar-refractivity contribution in [3.63, 3.8) is 0 Å². The molecule has 0 aromatic heterocycles. The van der Waals surface area contributed by atoms with E-state index in [0.717, 1.165) is 36.2 Å². The molecule has 0 bridgehead atoms. The fourth-order valence-corrected chi connectivity index (χ4v) is 5.65. The van der Waals surface area contributed by atoms with E-state index in [-0.39, 0.29) is 36.3 Å². The lowest BCUT2D eigenvalue weighted by Crippen LogP contribution is -2.22. The lowest BCUT2D eigenvalue weighted by Gasteiger charge is -2.26. The van der Waals surface area contributed by atoms with E-state index in [1.165, 1.54) is 22.3 Å². The normalized spacial score (nSPS) is 17.5. The van der Waals surface area contributed by atoms with Crippen LogP contribution in [0.25, 0.3) is 0 Å². The summed E-state index contributed by atoms with van der Waals surface area (Å²) in [5, 5.41) is 19.3. The second-order valence-electron chi connectivity index (χ2n) is 14.7. The molecule has 0 aliphatic carbocycles. The van der Waals surface area contributed by atoms with Gasteiger partial charge >= 0.3 is 0 Å². The van der Waals surface area contributed by atoms with Crippen LogP contribution in [0.1, 0.15) is 63.3 Å². The molecule has 0 spiro atoms. The lowest BCUT2D eigenvalue weighted by molar-refractivity contribution is 0.0325. The van der Waals surface area contributed by atoms with Crippen LogP contribution in [0, 0.1) is 0 Å². The molecule has 2 saturated heterocycles. The smallest absolute Gasteiger partial charge is 0.119 e. The molecule has 0 radical (unpaired) electrons. The highest BCUT2D eigenvalue weighted by molar-refractivity contribution is 5.43. The molecule has 4 unspecified atom stereocenters. The Balaban J connectivity index is 0.000000204. The van der Waals surface area contributed by atoms with Gasteiger partial charge in [0, 0.05) is 17.9 Å². The molecule has 2 fully saturated rings. The second-order valence-corrected chi connectivity index (χ2v) is 14.7. The van der Waals surface area contributed by atoms with Gasteiger partial charge in [-0.3, -0.25) is 0 Å². The Labute approximate surface area is 314 Å². The first-order valence-corrected chi connectivity index (χ1v) is 18.5. The molecule has 4 aromatic carbocycles. The van der Waals surface area contributed by atoms with Gasteiger partial charge in [-0.25, -0.2) is 0 Å². The van der Waals surface area contributed by atoms with Gasteiger partial charge in [0.2, 0.25) is 0 Å². The van der Waals surface area contributed by atoms with Crippen molar-refractivity contribution < 1.29 is 43.4 Å². The first kappa shape index (κ1) is 40.1. The van der Waals surface area contributed by atoms with Gasteiger partial charge in [-0.2, -0.15) is 0 Å². The zero-order valence-electron chi connectivity index (χ0n) is 32.0. The average Bonchev–Trinajstić information content (AvgIpc) is 4.12. The third kappa shape index (κ3) is 12.2. The van der Waals surface area contributed by atoms with Crippen LogP contribution < -0.4 is 18.9 Å². The highest BCUT2D eigenvalue weighted by atomic mass is 16.6. The lowest BCUT2D eigenvalue weighted by atomic mass is 9.78. The minimum Gasteiger partial charge on any atom is -0.491 e. The van der Waals surface area contributed by atoms with Crippen molar-refractivity contribution in [3.8, 4) is 23.0 Å². The van der Waals surface area contributed by atoms with Gasteiger partial charge in [-0.15, -0.1) is 0 Å². The van der Waals surface area contributed by atoms with Crippen LogP contribution in [0.5, 0.6) is 23.0 Å². The van der Waals surface area contributed by atoms with Gasteiger partial charge in [0.05, 0.1) is 25.9 Å².